The molecular formula is C12H16O3. The maximum atomic E-state index is 11.0. The fraction of sp³-hybridized carbons (Fsp3) is 0.417. The van der Waals surface area contributed by atoms with E-state index in [2.05, 4.69) is 0 Å². The molecule has 0 fully saturated rings. The van der Waals surface area contributed by atoms with Crippen LogP contribution in [0.4, 0.5) is 0 Å². The van der Waals surface area contributed by atoms with Crippen molar-refractivity contribution in [1.82, 2.24) is 0 Å². The molecule has 0 radical (unpaired) electrons. The Balaban J connectivity index is 3.04. The van der Waals surface area contributed by atoms with Gasteiger partial charge < -0.3 is 10.2 Å². The lowest BCUT2D eigenvalue weighted by Gasteiger charge is -2.26. The molecular weight excluding hydrogens is 192 g/mol. The van der Waals surface area contributed by atoms with Gasteiger partial charge in [0.25, 0.3) is 0 Å². The fourth-order valence-corrected chi connectivity index (χ4v) is 1.37. The second-order valence-electron chi connectivity index (χ2n) is 4.34. The first-order valence-electron chi connectivity index (χ1n) is 4.83. The third-order valence-corrected chi connectivity index (χ3v) is 2.59. The molecule has 0 spiro atoms. The Labute approximate surface area is 89.4 Å². The number of aliphatic hydroxyl groups is 1. The van der Waals surface area contributed by atoms with Crippen molar-refractivity contribution in [2.75, 3.05) is 0 Å². The minimum atomic E-state index is -1.17. The molecule has 0 aromatic heterocycles. The summed E-state index contributed by atoms with van der Waals surface area (Å²) in [6.45, 7) is 4.94. The molecule has 1 unspecified atom stereocenters. The van der Waals surface area contributed by atoms with Crippen LogP contribution in [0.1, 0.15) is 31.1 Å². The number of hydrogen-bond acceptors (Lipinski definition) is 2. The molecule has 0 bridgehead atoms. The van der Waals surface area contributed by atoms with Crippen molar-refractivity contribution in [1.29, 1.82) is 0 Å². The average Bonchev–Trinajstić information content (AvgIpc) is 2.16. The molecule has 1 atom stereocenters. The quantitative estimate of drug-likeness (QED) is 0.800. The largest absolute Gasteiger partial charge is 0.481 e. The highest BCUT2D eigenvalue weighted by molar-refractivity contribution is 5.74. The number of carboxylic acid groups (broad SMARTS) is 1. The molecule has 15 heavy (non-hydrogen) atoms. The molecule has 0 aliphatic carbocycles. The maximum Gasteiger partial charge on any atom is 0.312 e. The summed E-state index contributed by atoms with van der Waals surface area (Å²) in [5.74, 6) is -1.00. The van der Waals surface area contributed by atoms with Gasteiger partial charge >= 0.3 is 5.97 Å². The van der Waals surface area contributed by atoms with E-state index in [0.717, 1.165) is 5.56 Å². The van der Waals surface area contributed by atoms with Crippen LogP contribution in [-0.2, 0) is 4.79 Å². The van der Waals surface area contributed by atoms with Crippen LogP contribution < -0.4 is 0 Å². The van der Waals surface area contributed by atoms with Gasteiger partial charge in [-0.1, -0.05) is 29.8 Å². The van der Waals surface area contributed by atoms with E-state index in [-0.39, 0.29) is 0 Å². The first kappa shape index (κ1) is 11.7. The van der Waals surface area contributed by atoms with Gasteiger partial charge in [-0.25, -0.2) is 0 Å². The van der Waals surface area contributed by atoms with E-state index in [4.69, 9.17) is 5.11 Å². The summed E-state index contributed by atoms with van der Waals surface area (Å²) in [7, 11) is 0. The molecule has 1 aromatic carbocycles. The average molecular weight is 208 g/mol. The zero-order valence-electron chi connectivity index (χ0n) is 9.19. The summed E-state index contributed by atoms with van der Waals surface area (Å²) in [6, 6.07) is 7.26. The Morgan fingerprint density at radius 1 is 1.40 bits per heavy atom. The highest BCUT2D eigenvalue weighted by atomic mass is 16.4. The number of carboxylic acids is 1. The van der Waals surface area contributed by atoms with Gasteiger partial charge in [0.05, 0.1) is 11.5 Å². The lowest BCUT2D eigenvalue weighted by atomic mass is 9.82. The smallest absolute Gasteiger partial charge is 0.312 e. The molecule has 1 rings (SSSR count). The molecule has 3 heteroatoms. The third kappa shape index (κ3) is 2.36. The van der Waals surface area contributed by atoms with Crippen LogP contribution in [0.15, 0.2) is 24.3 Å². The number of aryl methyl sites for hydroxylation is 1. The highest BCUT2D eigenvalue weighted by Gasteiger charge is 2.36. The van der Waals surface area contributed by atoms with E-state index in [9.17, 15) is 9.90 Å². The fourth-order valence-electron chi connectivity index (χ4n) is 1.37. The van der Waals surface area contributed by atoms with E-state index in [1.165, 1.54) is 13.8 Å². The molecule has 0 amide bonds. The summed E-state index contributed by atoms with van der Waals surface area (Å²) in [5, 5.41) is 18.9. The summed E-state index contributed by atoms with van der Waals surface area (Å²) >= 11 is 0. The van der Waals surface area contributed by atoms with Gasteiger partial charge in [0, 0.05) is 0 Å². The lowest BCUT2D eigenvalue weighted by molar-refractivity contribution is -0.153. The topological polar surface area (TPSA) is 57.5 Å². The van der Waals surface area contributed by atoms with Crippen LogP contribution in [0, 0.1) is 12.3 Å². The number of benzene rings is 1. The van der Waals surface area contributed by atoms with Crippen molar-refractivity contribution in [2.45, 2.75) is 26.9 Å². The minimum absolute atomic E-state index is 0.641. The van der Waals surface area contributed by atoms with Gasteiger partial charge in [-0.2, -0.15) is 0 Å². The molecule has 2 N–H and O–H groups in total. The van der Waals surface area contributed by atoms with Crippen LogP contribution in [0.5, 0.6) is 0 Å². The third-order valence-electron chi connectivity index (χ3n) is 2.59. The van der Waals surface area contributed by atoms with E-state index < -0.39 is 17.5 Å². The SMILES string of the molecule is Cc1cccc(C(O)C(C)(C)C(=O)O)c1. The summed E-state index contributed by atoms with van der Waals surface area (Å²) in [6.07, 6.45) is -0.991. The minimum Gasteiger partial charge on any atom is -0.481 e. The predicted octanol–water partition coefficient (Wildman–Crippen LogP) is 2.14. The number of aliphatic hydroxyl groups excluding tert-OH is 1. The second kappa shape index (κ2) is 4.03. The van der Waals surface area contributed by atoms with E-state index in [0.29, 0.717) is 5.56 Å². The molecule has 0 aliphatic heterocycles. The Bertz CT molecular complexity index is 369. The van der Waals surface area contributed by atoms with Gasteiger partial charge in [0.1, 0.15) is 0 Å². The molecule has 0 saturated heterocycles. The Kier molecular flexibility index (Phi) is 3.15. The highest BCUT2D eigenvalue weighted by Crippen LogP contribution is 2.33. The Morgan fingerprint density at radius 2 is 2.00 bits per heavy atom. The molecule has 1 aromatic rings. The van der Waals surface area contributed by atoms with Gasteiger partial charge in [-0.3, -0.25) is 4.79 Å². The Morgan fingerprint density at radius 3 is 2.47 bits per heavy atom. The summed E-state index contributed by atoms with van der Waals surface area (Å²) in [4.78, 5) is 11.0. The van der Waals surface area contributed by atoms with E-state index in [1.807, 2.05) is 19.1 Å². The van der Waals surface area contributed by atoms with E-state index in [1.54, 1.807) is 12.1 Å². The summed E-state index contributed by atoms with van der Waals surface area (Å²) < 4.78 is 0. The van der Waals surface area contributed by atoms with E-state index >= 15 is 0 Å². The lowest BCUT2D eigenvalue weighted by Crippen LogP contribution is -2.31. The molecule has 0 heterocycles. The molecule has 0 saturated carbocycles. The first-order chi connectivity index (χ1) is 6.85. The van der Waals surface area contributed by atoms with Crippen LogP contribution >= 0.6 is 0 Å². The van der Waals surface area contributed by atoms with Crippen molar-refractivity contribution in [3.05, 3.63) is 35.4 Å². The van der Waals surface area contributed by atoms with Gasteiger partial charge in [0.2, 0.25) is 0 Å². The molecule has 0 aliphatic rings. The number of aliphatic carboxylic acids is 1. The molecule has 3 nitrogen and oxygen atoms in total. The van der Waals surface area contributed by atoms with Crippen molar-refractivity contribution in [3.8, 4) is 0 Å². The monoisotopic (exact) mass is 208 g/mol. The van der Waals surface area contributed by atoms with Gasteiger partial charge in [-0.05, 0) is 26.3 Å². The van der Waals surface area contributed by atoms with Gasteiger partial charge in [0.15, 0.2) is 0 Å². The number of hydrogen-bond donors (Lipinski definition) is 2. The second-order valence-corrected chi connectivity index (χ2v) is 4.34. The standard InChI is InChI=1S/C12H16O3/c1-8-5-4-6-9(7-8)10(13)12(2,3)11(14)15/h4-7,10,13H,1-3H3,(H,14,15). The van der Waals surface area contributed by atoms with Gasteiger partial charge in [-0.15, -0.1) is 0 Å². The number of carbonyl (C=O) groups is 1. The van der Waals surface area contributed by atoms with Crippen LogP contribution in [0.3, 0.4) is 0 Å². The number of rotatable bonds is 3. The van der Waals surface area contributed by atoms with Crippen LogP contribution in [0.25, 0.3) is 0 Å². The van der Waals surface area contributed by atoms with Crippen molar-refractivity contribution in [2.24, 2.45) is 5.41 Å². The maximum absolute atomic E-state index is 11.0. The predicted molar refractivity (Wildman–Crippen MR) is 57.6 cm³/mol. The molecule has 82 valence electrons. The Hall–Kier alpha value is -1.35. The first-order valence-corrected chi connectivity index (χ1v) is 4.83. The van der Waals surface area contributed by atoms with Crippen LogP contribution in [0.2, 0.25) is 0 Å². The zero-order valence-corrected chi connectivity index (χ0v) is 9.19. The van der Waals surface area contributed by atoms with Crippen molar-refractivity contribution >= 4 is 5.97 Å². The zero-order chi connectivity index (χ0) is 11.6. The van der Waals surface area contributed by atoms with Crippen LogP contribution in [-0.4, -0.2) is 16.2 Å². The normalized spacial score (nSPS) is 13.6. The van der Waals surface area contributed by atoms with Crippen molar-refractivity contribution < 1.29 is 15.0 Å². The van der Waals surface area contributed by atoms with Crippen molar-refractivity contribution in [3.63, 3.8) is 0 Å². The summed E-state index contributed by atoms with van der Waals surface area (Å²) in [5.41, 5.74) is 0.475.